The van der Waals surface area contributed by atoms with Crippen molar-refractivity contribution in [3.05, 3.63) is 12.2 Å². The minimum absolute atomic E-state index is 0.0974. The van der Waals surface area contributed by atoms with E-state index in [1.165, 1.54) is 57.8 Å². The first kappa shape index (κ1) is 23.6. The monoisotopic (exact) mass is 372 g/mol. The van der Waals surface area contributed by atoms with Gasteiger partial charge in [0.25, 0.3) is 0 Å². The average Bonchev–Trinajstić information content (AvgIpc) is 2.98. The lowest BCUT2D eigenvalue weighted by atomic mass is 10.1. The van der Waals surface area contributed by atoms with Gasteiger partial charge in [0.05, 0.1) is 13.2 Å². The first-order chi connectivity index (χ1) is 12.7. The van der Waals surface area contributed by atoms with E-state index in [0.29, 0.717) is 6.61 Å². The van der Waals surface area contributed by atoms with Crippen LogP contribution in [0.1, 0.15) is 77.6 Å². The zero-order valence-corrected chi connectivity index (χ0v) is 16.5. The molecule has 0 spiro atoms. The second kappa shape index (κ2) is 15.6. The Morgan fingerprint density at radius 2 is 1.58 bits per heavy atom. The highest BCUT2D eigenvalue weighted by Crippen LogP contribution is 2.20. The smallest absolute Gasteiger partial charge is 0.114 e. The summed E-state index contributed by atoms with van der Waals surface area (Å²) in [5, 5.41) is 28.7. The highest BCUT2D eigenvalue weighted by molar-refractivity contribution is 4.88. The zero-order chi connectivity index (χ0) is 19.0. The van der Waals surface area contributed by atoms with Crippen LogP contribution in [-0.2, 0) is 9.47 Å². The minimum atomic E-state index is -0.978. The van der Waals surface area contributed by atoms with Gasteiger partial charge in [0.15, 0.2) is 0 Å². The van der Waals surface area contributed by atoms with E-state index in [2.05, 4.69) is 19.1 Å². The summed E-state index contributed by atoms with van der Waals surface area (Å²) in [7, 11) is 0. The van der Waals surface area contributed by atoms with E-state index in [4.69, 9.17) is 9.47 Å². The van der Waals surface area contributed by atoms with E-state index in [1.807, 2.05) is 0 Å². The highest BCUT2D eigenvalue weighted by atomic mass is 16.6. The van der Waals surface area contributed by atoms with Crippen molar-refractivity contribution in [1.82, 2.24) is 0 Å². The first-order valence-corrected chi connectivity index (χ1v) is 10.6. The lowest BCUT2D eigenvalue weighted by molar-refractivity contribution is -0.101. The van der Waals surface area contributed by atoms with Crippen LogP contribution < -0.4 is 0 Å². The van der Waals surface area contributed by atoms with Gasteiger partial charge in [-0.2, -0.15) is 0 Å². The molecule has 5 nitrogen and oxygen atoms in total. The molecule has 0 aliphatic carbocycles. The fourth-order valence-electron chi connectivity index (χ4n) is 3.25. The molecule has 0 bridgehead atoms. The van der Waals surface area contributed by atoms with Gasteiger partial charge in [-0.05, 0) is 25.7 Å². The SMILES string of the molecule is CCCC/C=C/CCCCCCCCCO[C@H](CO)[C@H]1OC[C@H](O)[C@H]1O. The molecule has 1 saturated heterocycles. The van der Waals surface area contributed by atoms with Crippen molar-refractivity contribution in [3.63, 3.8) is 0 Å². The molecule has 0 aromatic heterocycles. The van der Waals surface area contributed by atoms with Crippen molar-refractivity contribution in [2.75, 3.05) is 19.8 Å². The first-order valence-electron chi connectivity index (χ1n) is 10.6. The Labute approximate surface area is 159 Å². The van der Waals surface area contributed by atoms with E-state index in [9.17, 15) is 15.3 Å². The molecule has 1 heterocycles. The van der Waals surface area contributed by atoms with Crippen LogP contribution in [0.4, 0.5) is 0 Å². The highest BCUT2D eigenvalue weighted by Gasteiger charge is 2.40. The number of unbranched alkanes of at least 4 members (excludes halogenated alkanes) is 9. The topological polar surface area (TPSA) is 79.2 Å². The lowest BCUT2D eigenvalue weighted by Crippen LogP contribution is -2.42. The predicted octanol–water partition coefficient (Wildman–Crippen LogP) is 3.35. The molecule has 0 aromatic carbocycles. The van der Waals surface area contributed by atoms with Crippen LogP contribution in [0.2, 0.25) is 0 Å². The Balaban J connectivity index is 1.90. The third kappa shape index (κ3) is 10.0. The number of ether oxygens (including phenoxy) is 2. The van der Waals surface area contributed by atoms with Crippen molar-refractivity contribution in [1.29, 1.82) is 0 Å². The molecular weight excluding hydrogens is 332 g/mol. The van der Waals surface area contributed by atoms with Crippen LogP contribution in [-0.4, -0.2) is 59.6 Å². The van der Waals surface area contributed by atoms with E-state index in [-0.39, 0.29) is 13.2 Å². The average molecular weight is 373 g/mol. The molecular formula is C21H40O5. The molecule has 0 aromatic rings. The lowest BCUT2D eigenvalue weighted by Gasteiger charge is -2.24. The molecule has 1 rings (SSSR count). The maximum absolute atomic E-state index is 9.80. The van der Waals surface area contributed by atoms with E-state index < -0.39 is 24.4 Å². The summed E-state index contributed by atoms with van der Waals surface area (Å²) in [6.07, 6.45) is 15.0. The molecule has 0 radical (unpaired) electrons. The van der Waals surface area contributed by atoms with Gasteiger partial charge in [0.2, 0.25) is 0 Å². The number of aliphatic hydroxyl groups excluding tert-OH is 3. The molecule has 1 fully saturated rings. The summed E-state index contributed by atoms with van der Waals surface area (Å²) >= 11 is 0. The Bertz CT molecular complexity index is 347. The van der Waals surface area contributed by atoms with Crippen molar-refractivity contribution in [3.8, 4) is 0 Å². The van der Waals surface area contributed by atoms with Crippen LogP contribution in [0.3, 0.4) is 0 Å². The molecule has 5 heteroatoms. The summed E-state index contributed by atoms with van der Waals surface area (Å²) in [6, 6.07) is 0. The minimum Gasteiger partial charge on any atom is -0.394 e. The van der Waals surface area contributed by atoms with Gasteiger partial charge >= 0.3 is 0 Å². The van der Waals surface area contributed by atoms with Crippen LogP contribution in [0.25, 0.3) is 0 Å². The Hall–Kier alpha value is -0.460. The quantitative estimate of drug-likeness (QED) is 0.286. The molecule has 1 aliphatic rings. The van der Waals surface area contributed by atoms with Crippen molar-refractivity contribution < 1.29 is 24.8 Å². The van der Waals surface area contributed by atoms with Gasteiger partial charge in [-0.1, -0.05) is 64.0 Å². The second-order valence-electron chi connectivity index (χ2n) is 7.32. The van der Waals surface area contributed by atoms with Gasteiger partial charge in [-0.15, -0.1) is 0 Å². The molecule has 0 unspecified atom stereocenters. The van der Waals surface area contributed by atoms with Gasteiger partial charge in [-0.3, -0.25) is 0 Å². The summed E-state index contributed by atoms with van der Waals surface area (Å²) in [5.41, 5.74) is 0. The van der Waals surface area contributed by atoms with E-state index in [0.717, 1.165) is 12.8 Å². The fourth-order valence-corrected chi connectivity index (χ4v) is 3.25. The second-order valence-corrected chi connectivity index (χ2v) is 7.32. The van der Waals surface area contributed by atoms with Crippen molar-refractivity contribution in [2.45, 2.75) is 102 Å². The molecule has 1 aliphatic heterocycles. The molecule has 4 atom stereocenters. The Morgan fingerprint density at radius 1 is 0.962 bits per heavy atom. The molecule has 3 N–H and O–H groups in total. The number of aliphatic hydroxyl groups is 3. The number of hydrogen-bond donors (Lipinski definition) is 3. The third-order valence-electron chi connectivity index (χ3n) is 4.97. The summed E-state index contributed by atoms with van der Waals surface area (Å²) in [6.45, 7) is 2.67. The van der Waals surface area contributed by atoms with Crippen molar-refractivity contribution in [2.24, 2.45) is 0 Å². The number of rotatable bonds is 16. The van der Waals surface area contributed by atoms with Crippen LogP contribution in [0.15, 0.2) is 12.2 Å². The van der Waals surface area contributed by atoms with Gasteiger partial charge in [0, 0.05) is 6.61 Å². The summed E-state index contributed by atoms with van der Waals surface area (Å²) in [5.74, 6) is 0. The standard InChI is InChI=1S/C21H40O5/c1-2-3-4-5-6-7-8-9-10-11-12-13-14-15-25-19(16-22)21-20(24)18(23)17-26-21/h5-6,18-24H,2-4,7-17H2,1H3/b6-5+/t18-,19+,20+,21+/m0/s1. The van der Waals surface area contributed by atoms with E-state index >= 15 is 0 Å². The van der Waals surface area contributed by atoms with E-state index in [1.54, 1.807) is 0 Å². The van der Waals surface area contributed by atoms with Gasteiger partial charge in [0.1, 0.15) is 24.4 Å². The summed E-state index contributed by atoms with van der Waals surface area (Å²) in [4.78, 5) is 0. The van der Waals surface area contributed by atoms with Crippen LogP contribution in [0, 0.1) is 0 Å². The van der Waals surface area contributed by atoms with Crippen LogP contribution >= 0.6 is 0 Å². The third-order valence-corrected chi connectivity index (χ3v) is 4.97. The Morgan fingerprint density at radius 3 is 2.15 bits per heavy atom. The van der Waals surface area contributed by atoms with Crippen molar-refractivity contribution >= 4 is 0 Å². The van der Waals surface area contributed by atoms with Gasteiger partial charge < -0.3 is 24.8 Å². The largest absolute Gasteiger partial charge is 0.394 e. The predicted molar refractivity (Wildman–Crippen MR) is 104 cm³/mol. The maximum Gasteiger partial charge on any atom is 0.114 e. The van der Waals surface area contributed by atoms with Gasteiger partial charge in [-0.25, -0.2) is 0 Å². The normalized spacial score (nSPS) is 24.5. The fraction of sp³-hybridized carbons (Fsp3) is 0.905. The number of allylic oxidation sites excluding steroid dienone is 2. The number of hydrogen-bond acceptors (Lipinski definition) is 5. The maximum atomic E-state index is 9.80. The Kier molecular flexibility index (Phi) is 14.1. The van der Waals surface area contributed by atoms with Crippen LogP contribution in [0.5, 0.6) is 0 Å². The molecule has 0 amide bonds. The molecule has 26 heavy (non-hydrogen) atoms. The molecule has 0 saturated carbocycles. The molecule has 154 valence electrons. The summed E-state index contributed by atoms with van der Waals surface area (Å²) < 4.78 is 11.0. The zero-order valence-electron chi connectivity index (χ0n) is 16.5.